The Bertz CT molecular complexity index is 3030. The average molecular weight is 661 g/mol. The van der Waals surface area contributed by atoms with Gasteiger partial charge in [0.15, 0.2) is 0 Å². The quantitative estimate of drug-likeness (QED) is 0.173. The molecule has 0 unspecified atom stereocenters. The van der Waals surface area contributed by atoms with Gasteiger partial charge in [-0.05, 0) is 0 Å². The van der Waals surface area contributed by atoms with E-state index in [2.05, 4.69) is 157 Å². The molecule has 0 amide bonds. The molecule has 1 aliphatic heterocycles. The minimum atomic E-state index is -2.24. The molecule has 7 aromatic carbocycles. The molecule has 0 saturated heterocycles. The first-order chi connectivity index (χ1) is 24.0. The zero-order valence-corrected chi connectivity index (χ0v) is 29.1. The van der Waals surface area contributed by atoms with Crippen LogP contribution in [0.25, 0.3) is 92.0 Å². The topological polar surface area (TPSA) is 30.7 Å². The Morgan fingerprint density at radius 2 is 1.22 bits per heavy atom. The van der Waals surface area contributed by atoms with E-state index in [-0.39, 0.29) is 0 Å². The fourth-order valence-electron chi connectivity index (χ4n) is 8.63. The van der Waals surface area contributed by atoms with Crippen LogP contribution in [-0.4, -0.2) is 22.6 Å². The van der Waals surface area contributed by atoms with E-state index in [1.165, 1.54) is 58.0 Å². The molecule has 3 nitrogen and oxygen atoms in total. The third-order valence-corrected chi connectivity index (χ3v) is 16.3. The minimum absolute atomic E-state index is 0.705. The van der Waals surface area contributed by atoms with Gasteiger partial charge in [-0.25, -0.2) is 0 Å². The molecule has 0 aliphatic carbocycles. The van der Waals surface area contributed by atoms with Crippen LogP contribution < -0.4 is 10.4 Å². The third kappa shape index (κ3) is 3.71. The van der Waals surface area contributed by atoms with Crippen molar-refractivity contribution in [2.24, 2.45) is 0 Å². The molecule has 0 fully saturated rings. The number of hydrogen-bond acceptors (Lipinski definition) is 3. The summed E-state index contributed by atoms with van der Waals surface area (Å²) >= 11 is 1.82. The number of nitrogens with zero attached hydrogens (tertiary/aromatic N) is 3. The SMILES string of the molecule is C[SiH-]1(C)c2ccccc2-c2cc3c(cc21)c1cc2ccccc2cc1n3-c1nc(-c2ccccc2)c2ccc3c4ccccc4sc3c2n1. The van der Waals surface area contributed by atoms with Crippen LogP contribution in [0.1, 0.15) is 0 Å². The molecular formula is C44H30N3SSi-. The zero-order chi connectivity index (χ0) is 32.4. The van der Waals surface area contributed by atoms with Crippen molar-refractivity contribution in [1.82, 2.24) is 14.5 Å². The third-order valence-electron chi connectivity index (χ3n) is 11.1. The summed E-state index contributed by atoms with van der Waals surface area (Å²) in [6, 6.07) is 51.2. The predicted octanol–water partition coefficient (Wildman–Crippen LogP) is 10.5. The Labute approximate surface area is 287 Å². The van der Waals surface area contributed by atoms with Crippen molar-refractivity contribution in [2.45, 2.75) is 13.1 Å². The summed E-state index contributed by atoms with van der Waals surface area (Å²) in [5.74, 6) is 0.705. The van der Waals surface area contributed by atoms with Gasteiger partial charge >= 0.3 is 277 Å². The van der Waals surface area contributed by atoms with E-state index in [1.54, 1.807) is 5.19 Å². The molecule has 0 N–H and O–H groups in total. The van der Waals surface area contributed by atoms with Gasteiger partial charge in [0.05, 0.1) is 0 Å². The van der Waals surface area contributed by atoms with E-state index in [0.29, 0.717) is 5.95 Å². The zero-order valence-electron chi connectivity index (χ0n) is 27.1. The molecule has 49 heavy (non-hydrogen) atoms. The first-order valence-electron chi connectivity index (χ1n) is 17.1. The van der Waals surface area contributed by atoms with E-state index in [4.69, 9.17) is 9.97 Å². The molecule has 3 aromatic heterocycles. The van der Waals surface area contributed by atoms with Crippen LogP contribution in [0.3, 0.4) is 0 Å². The molecule has 5 heteroatoms. The average Bonchev–Trinajstić information content (AvgIpc) is 3.75. The number of hydrogen-bond donors (Lipinski definition) is 0. The summed E-state index contributed by atoms with van der Waals surface area (Å²) in [6.45, 7) is 5.04. The van der Waals surface area contributed by atoms with Gasteiger partial charge in [0.1, 0.15) is 0 Å². The van der Waals surface area contributed by atoms with Crippen molar-refractivity contribution in [3.63, 3.8) is 0 Å². The molecular weight excluding hydrogens is 631 g/mol. The molecule has 0 atom stereocenters. The van der Waals surface area contributed by atoms with Crippen molar-refractivity contribution in [3.8, 4) is 28.3 Å². The molecule has 0 bridgehead atoms. The fraction of sp³-hybridized carbons (Fsp3) is 0.0455. The number of fused-ring (bicyclic) bond motifs is 12. The Balaban J connectivity index is 1.32. The molecule has 232 valence electrons. The summed E-state index contributed by atoms with van der Waals surface area (Å²) in [4.78, 5) is 11.0. The van der Waals surface area contributed by atoms with Crippen molar-refractivity contribution < 1.29 is 0 Å². The van der Waals surface area contributed by atoms with E-state index in [1.807, 2.05) is 11.3 Å². The molecule has 0 saturated carbocycles. The van der Waals surface area contributed by atoms with Crippen LogP contribution in [0.5, 0.6) is 0 Å². The van der Waals surface area contributed by atoms with Crippen LogP contribution in [0, 0.1) is 0 Å². The van der Waals surface area contributed by atoms with Crippen LogP contribution in [0.15, 0.2) is 140 Å². The van der Waals surface area contributed by atoms with E-state index < -0.39 is 8.07 Å². The normalized spacial score (nSPS) is 14.3. The molecule has 0 radical (unpaired) electrons. The first kappa shape index (κ1) is 27.3. The van der Waals surface area contributed by atoms with Crippen LogP contribution in [0.2, 0.25) is 13.1 Å². The molecule has 1 aliphatic rings. The monoisotopic (exact) mass is 660 g/mol. The first-order valence-corrected chi connectivity index (χ1v) is 21.3. The van der Waals surface area contributed by atoms with E-state index in [9.17, 15) is 0 Å². The Kier molecular flexibility index (Phi) is 5.43. The number of aromatic nitrogens is 3. The Hall–Kier alpha value is -5.62. The Morgan fingerprint density at radius 3 is 2.10 bits per heavy atom. The van der Waals surface area contributed by atoms with Crippen molar-refractivity contribution in [3.05, 3.63) is 140 Å². The second-order valence-electron chi connectivity index (χ2n) is 14.1. The summed E-state index contributed by atoms with van der Waals surface area (Å²) in [5, 5.41) is 11.6. The second kappa shape index (κ2) is 9.72. The summed E-state index contributed by atoms with van der Waals surface area (Å²) in [7, 11) is -2.24. The van der Waals surface area contributed by atoms with Gasteiger partial charge in [-0.3, -0.25) is 0 Å². The van der Waals surface area contributed by atoms with Gasteiger partial charge in [-0.1, -0.05) is 12.1 Å². The summed E-state index contributed by atoms with van der Waals surface area (Å²) < 4.78 is 4.82. The van der Waals surface area contributed by atoms with Gasteiger partial charge in [0.25, 0.3) is 0 Å². The summed E-state index contributed by atoms with van der Waals surface area (Å²) in [5.41, 5.74) is 8.08. The van der Waals surface area contributed by atoms with E-state index >= 15 is 0 Å². The molecule has 11 rings (SSSR count). The maximum absolute atomic E-state index is 5.55. The van der Waals surface area contributed by atoms with Gasteiger partial charge in [0, 0.05) is 0 Å². The van der Waals surface area contributed by atoms with Crippen LogP contribution in [0.4, 0.5) is 0 Å². The second-order valence-corrected chi connectivity index (χ2v) is 20.2. The van der Waals surface area contributed by atoms with Gasteiger partial charge in [-0.15, -0.1) is 0 Å². The molecule has 4 heterocycles. The van der Waals surface area contributed by atoms with Crippen molar-refractivity contribution in [2.75, 3.05) is 0 Å². The van der Waals surface area contributed by atoms with Crippen molar-refractivity contribution >= 4 is 93.4 Å². The maximum atomic E-state index is 5.55. The van der Waals surface area contributed by atoms with Gasteiger partial charge < -0.3 is 0 Å². The number of thiophene rings is 1. The van der Waals surface area contributed by atoms with Gasteiger partial charge in [-0.2, -0.15) is 0 Å². The van der Waals surface area contributed by atoms with Crippen LogP contribution >= 0.6 is 11.3 Å². The van der Waals surface area contributed by atoms with Crippen LogP contribution in [-0.2, 0) is 0 Å². The Morgan fingerprint density at radius 1 is 0.531 bits per heavy atom. The molecule has 0 spiro atoms. The number of benzene rings is 7. The standard InChI is InChI=1S/C44H30N3SSi/c1-49(2)39-19-11-9-17-30(39)35-24-37-34(25-40(35)49)33-22-27-14-6-7-15-28(27)23-36(33)47(37)44-45-41(26-12-4-3-5-13-26)32-21-20-31-29-16-8-10-18-38(29)48-43(31)42(32)46-44/h3-25,49H,1-2H3/q-1. The number of rotatable bonds is 2. The summed E-state index contributed by atoms with van der Waals surface area (Å²) in [6.07, 6.45) is 0. The fourth-order valence-corrected chi connectivity index (χ4v) is 13.4. The molecule has 10 aromatic rings. The van der Waals surface area contributed by atoms with Gasteiger partial charge in [0.2, 0.25) is 0 Å². The predicted molar refractivity (Wildman–Crippen MR) is 213 cm³/mol. The van der Waals surface area contributed by atoms with E-state index in [0.717, 1.165) is 33.2 Å². The van der Waals surface area contributed by atoms with Crippen molar-refractivity contribution in [1.29, 1.82) is 0 Å².